The minimum atomic E-state index is 0.152. The number of aromatic nitrogens is 1. The molecule has 28 heavy (non-hydrogen) atoms. The molecular formula is C21H21ClN4OS. The van der Waals surface area contributed by atoms with E-state index in [4.69, 9.17) is 17.3 Å². The van der Waals surface area contributed by atoms with Gasteiger partial charge in [-0.3, -0.25) is 14.7 Å². The van der Waals surface area contributed by atoms with Gasteiger partial charge in [-0.2, -0.15) is 0 Å². The van der Waals surface area contributed by atoms with E-state index in [0.29, 0.717) is 13.1 Å². The molecule has 7 heteroatoms. The number of hydrogen-bond acceptors (Lipinski definition) is 5. The summed E-state index contributed by atoms with van der Waals surface area (Å²) < 4.78 is 0.787. The molecule has 5 nitrogen and oxygen atoms in total. The number of nitrogens with two attached hydrogens (primary N) is 1. The van der Waals surface area contributed by atoms with Crippen molar-refractivity contribution in [2.24, 2.45) is 0 Å². The van der Waals surface area contributed by atoms with Gasteiger partial charge in [0, 0.05) is 48.3 Å². The molecule has 0 unspecified atom stereocenters. The van der Waals surface area contributed by atoms with Crippen LogP contribution in [0.2, 0.25) is 4.34 Å². The molecule has 0 spiro atoms. The maximum Gasteiger partial charge on any atom is 0.237 e. The molecule has 2 N–H and O–H groups in total. The number of piperazine rings is 1. The number of benzene rings is 1. The van der Waals surface area contributed by atoms with Gasteiger partial charge in [0.15, 0.2) is 0 Å². The molecule has 144 valence electrons. The van der Waals surface area contributed by atoms with Crippen LogP contribution >= 0.6 is 22.9 Å². The maximum absolute atomic E-state index is 12.6. The van der Waals surface area contributed by atoms with Crippen LogP contribution in [-0.4, -0.2) is 46.9 Å². The van der Waals surface area contributed by atoms with E-state index in [9.17, 15) is 4.79 Å². The van der Waals surface area contributed by atoms with E-state index in [1.807, 2.05) is 35.2 Å². The van der Waals surface area contributed by atoms with E-state index in [1.165, 1.54) is 0 Å². The fraction of sp³-hybridized carbons (Fsp3) is 0.238. The van der Waals surface area contributed by atoms with Gasteiger partial charge in [0.1, 0.15) is 0 Å². The Balaban J connectivity index is 1.34. The average Bonchev–Trinajstić information content (AvgIpc) is 3.09. The Morgan fingerprint density at radius 3 is 2.89 bits per heavy atom. The number of halogens is 1. The lowest BCUT2D eigenvalue weighted by Gasteiger charge is -2.33. The summed E-state index contributed by atoms with van der Waals surface area (Å²) in [4.78, 5) is 22.1. The van der Waals surface area contributed by atoms with Crippen LogP contribution in [0.3, 0.4) is 0 Å². The first kappa shape index (κ1) is 18.9. The lowest BCUT2D eigenvalue weighted by atomic mass is 10.1. The second kappa shape index (κ2) is 8.31. The molecule has 4 rings (SSSR count). The number of carbonyl (C=O) groups is 1. The highest BCUT2D eigenvalue weighted by Gasteiger charge is 2.23. The van der Waals surface area contributed by atoms with E-state index in [0.717, 1.165) is 51.0 Å². The van der Waals surface area contributed by atoms with Crippen molar-refractivity contribution in [1.82, 2.24) is 14.8 Å². The Hall–Kier alpha value is -2.41. The lowest BCUT2D eigenvalue weighted by Crippen LogP contribution is -2.49. The zero-order valence-corrected chi connectivity index (χ0v) is 16.9. The normalized spacial score (nSPS) is 15.8. The number of nitrogens with zero attached hydrogens (tertiary/aromatic N) is 3. The van der Waals surface area contributed by atoms with Crippen LogP contribution in [0.15, 0.2) is 48.7 Å². The number of thiophene rings is 1. The molecule has 2 aromatic heterocycles. The van der Waals surface area contributed by atoms with E-state index in [1.54, 1.807) is 23.6 Å². The highest BCUT2D eigenvalue weighted by Crippen LogP contribution is 2.23. The Morgan fingerprint density at radius 1 is 1.21 bits per heavy atom. The minimum absolute atomic E-state index is 0.152. The quantitative estimate of drug-likeness (QED) is 0.690. The summed E-state index contributed by atoms with van der Waals surface area (Å²) >= 11 is 7.49. The van der Waals surface area contributed by atoms with Crippen LogP contribution in [0.1, 0.15) is 10.4 Å². The number of amides is 1. The van der Waals surface area contributed by atoms with Gasteiger partial charge < -0.3 is 10.6 Å². The molecule has 1 saturated heterocycles. The molecule has 0 saturated carbocycles. The van der Waals surface area contributed by atoms with Crippen molar-refractivity contribution in [2.75, 3.05) is 31.9 Å². The number of anilines is 1. The van der Waals surface area contributed by atoms with Gasteiger partial charge in [0.25, 0.3) is 0 Å². The molecule has 1 aliphatic heterocycles. The average molecular weight is 413 g/mol. The molecular weight excluding hydrogens is 392 g/mol. The number of carbonyl (C=O) groups excluding carboxylic acids is 1. The van der Waals surface area contributed by atoms with Gasteiger partial charge >= 0.3 is 0 Å². The Labute approximate surface area is 173 Å². The summed E-state index contributed by atoms with van der Waals surface area (Å²) in [6, 6.07) is 11.7. The zero-order chi connectivity index (χ0) is 19.5. The summed E-state index contributed by atoms with van der Waals surface area (Å²) in [6.45, 7) is 3.38. The lowest BCUT2D eigenvalue weighted by molar-refractivity contribution is -0.136. The first-order valence-corrected chi connectivity index (χ1v) is 10.3. The van der Waals surface area contributed by atoms with E-state index >= 15 is 0 Å². The maximum atomic E-state index is 12.6. The SMILES string of the molecule is Nc1ccnc2cc(CN3CCN(C/C=C/c4ccc(Cl)s4)CC3=O)ccc12. The van der Waals surface area contributed by atoms with Crippen molar-refractivity contribution in [3.8, 4) is 0 Å². The predicted molar refractivity (Wildman–Crippen MR) is 116 cm³/mol. The van der Waals surface area contributed by atoms with Gasteiger partial charge in [0.05, 0.1) is 16.4 Å². The Morgan fingerprint density at radius 2 is 2.11 bits per heavy atom. The van der Waals surface area contributed by atoms with Gasteiger partial charge in [0.2, 0.25) is 5.91 Å². The van der Waals surface area contributed by atoms with Crippen LogP contribution in [0, 0.1) is 0 Å². The summed E-state index contributed by atoms with van der Waals surface area (Å²) in [7, 11) is 0. The van der Waals surface area contributed by atoms with Gasteiger partial charge in [-0.1, -0.05) is 29.8 Å². The molecule has 1 amide bonds. The third kappa shape index (κ3) is 4.35. The molecule has 0 aliphatic carbocycles. The van der Waals surface area contributed by atoms with Gasteiger partial charge in [-0.05, 0) is 35.9 Å². The van der Waals surface area contributed by atoms with Crippen LogP contribution < -0.4 is 5.73 Å². The fourth-order valence-electron chi connectivity index (χ4n) is 3.35. The van der Waals surface area contributed by atoms with Crippen molar-refractivity contribution in [2.45, 2.75) is 6.54 Å². The molecule has 0 radical (unpaired) electrons. The van der Waals surface area contributed by atoms with Crippen molar-refractivity contribution < 1.29 is 4.79 Å². The van der Waals surface area contributed by atoms with Crippen molar-refractivity contribution in [1.29, 1.82) is 0 Å². The zero-order valence-electron chi connectivity index (χ0n) is 15.3. The monoisotopic (exact) mass is 412 g/mol. The number of hydrogen-bond donors (Lipinski definition) is 1. The second-order valence-corrected chi connectivity index (χ2v) is 8.59. The molecule has 0 bridgehead atoms. The van der Waals surface area contributed by atoms with Crippen molar-refractivity contribution in [3.63, 3.8) is 0 Å². The predicted octanol–water partition coefficient (Wildman–Crippen LogP) is 3.89. The number of pyridine rings is 1. The Bertz CT molecular complexity index is 1030. The first-order valence-electron chi connectivity index (χ1n) is 9.13. The smallest absolute Gasteiger partial charge is 0.237 e. The van der Waals surface area contributed by atoms with Crippen molar-refractivity contribution in [3.05, 3.63) is 63.4 Å². The van der Waals surface area contributed by atoms with Crippen LogP contribution in [0.25, 0.3) is 17.0 Å². The second-order valence-electron chi connectivity index (χ2n) is 6.85. The summed E-state index contributed by atoms with van der Waals surface area (Å²) in [6.07, 6.45) is 5.86. The molecule has 3 aromatic rings. The minimum Gasteiger partial charge on any atom is -0.398 e. The molecule has 1 aliphatic rings. The molecule has 1 aromatic carbocycles. The molecule has 0 atom stereocenters. The van der Waals surface area contributed by atoms with E-state index in [2.05, 4.69) is 22.0 Å². The summed E-state index contributed by atoms with van der Waals surface area (Å²) in [5.74, 6) is 0.152. The van der Waals surface area contributed by atoms with Gasteiger partial charge in [-0.25, -0.2) is 0 Å². The molecule has 1 fully saturated rings. The summed E-state index contributed by atoms with van der Waals surface area (Å²) in [5.41, 5.74) is 8.64. The third-order valence-electron chi connectivity index (χ3n) is 4.85. The van der Waals surface area contributed by atoms with E-state index < -0.39 is 0 Å². The van der Waals surface area contributed by atoms with Crippen molar-refractivity contribution >= 4 is 51.5 Å². The third-order valence-corrected chi connectivity index (χ3v) is 6.05. The van der Waals surface area contributed by atoms with Crippen LogP contribution in [-0.2, 0) is 11.3 Å². The highest BCUT2D eigenvalue weighted by atomic mass is 35.5. The standard InChI is InChI=1S/C21H21ClN4OS/c22-20-6-4-16(28-20)2-1-9-25-10-11-26(21(27)14-25)13-15-3-5-17-18(23)7-8-24-19(17)12-15/h1-8,12H,9-11,13-14H2,(H2,23,24)/b2-1+. The fourth-order valence-corrected chi connectivity index (χ4v) is 4.34. The largest absolute Gasteiger partial charge is 0.398 e. The summed E-state index contributed by atoms with van der Waals surface area (Å²) in [5, 5.41) is 0.946. The number of rotatable bonds is 5. The highest BCUT2D eigenvalue weighted by molar-refractivity contribution is 7.16. The Kier molecular flexibility index (Phi) is 5.62. The topological polar surface area (TPSA) is 62.5 Å². The van der Waals surface area contributed by atoms with E-state index in [-0.39, 0.29) is 5.91 Å². The number of fused-ring (bicyclic) bond motifs is 1. The van der Waals surface area contributed by atoms with Crippen LogP contribution in [0.5, 0.6) is 0 Å². The molecule has 3 heterocycles. The van der Waals surface area contributed by atoms with Gasteiger partial charge in [-0.15, -0.1) is 11.3 Å². The van der Waals surface area contributed by atoms with Crippen LogP contribution in [0.4, 0.5) is 5.69 Å². The number of nitrogen functional groups attached to an aromatic ring is 1. The first-order chi connectivity index (χ1) is 13.6.